The zero-order chi connectivity index (χ0) is 14.3. The molecular weight excluding hydrogens is 258 g/mol. The molecule has 0 bridgehead atoms. The maximum absolute atomic E-state index is 9.05. The summed E-state index contributed by atoms with van der Waals surface area (Å²) in [6.07, 6.45) is 0.992. The minimum Gasteiger partial charge on any atom is -0.396 e. The quantitative estimate of drug-likeness (QED) is 0.746. The van der Waals surface area contributed by atoms with E-state index in [0.717, 1.165) is 32.6 Å². The minimum absolute atomic E-state index is 0.293. The Morgan fingerprint density at radius 3 is 2.47 bits per heavy atom. The van der Waals surface area contributed by atoms with Gasteiger partial charge < -0.3 is 16.0 Å². The summed E-state index contributed by atoms with van der Waals surface area (Å²) in [7, 11) is 0. The zero-order valence-corrected chi connectivity index (χ0v) is 12.2. The Labute approximate surface area is 118 Å². The van der Waals surface area contributed by atoms with Crippen molar-refractivity contribution in [2.24, 2.45) is 0 Å². The molecule has 0 aliphatic rings. The largest absolute Gasteiger partial charge is 0.396 e. The summed E-state index contributed by atoms with van der Waals surface area (Å²) in [5, 5.41) is 21.9. The zero-order valence-electron chi connectivity index (χ0n) is 11.4. The van der Waals surface area contributed by atoms with Crippen molar-refractivity contribution in [1.29, 1.82) is 10.5 Å². The van der Waals surface area contributed by atoms with Crippen LogP contribution < -0.4 is 11.1 Å². The Kier molecular flexibility index (Phi) is 6.14. The molecule has 19 heavy (non-hydrogen) atoms. The molecule has 0 aromatic carbocycles. The number of hydrogen-bond acceptors (Lipinski definition) is 6. The van der Waals surface area contributed by atoms with E-state index in [1.807, 2.05) is 6.07 Å². The van der Waals surface area contributed by atoms with Crippen molar-refractivity contribution in [1.82, 2.24) is 4.90 Å². The molecule has 0 aliphatic heterocycles. The maximum atomic E-state index is 9.05. The summed E-state index contributed by atoms with van der Waals surface area (Å²) in [4.78, 5) is 2.75. The lowest BCUT2D eigenvalue weighted by Crippen LogP contribution is -2.25. The lowest BCUT2D eigenvalue weighted by atomic mass is 10.2. The summed E-state index contributed by atoms with van der Waals surface area (Å²) < 4.78 is 0. The molecule has 0 saturated carbocycles. The smallest absolute Gasteiger partial charge is 0.131 e. The lowest BCUT2D eigenvalue weighted by molar-refractivity contribution is 0.303. The van der Waals surface area contributed by atoms with Gasteiger partial charge in [-0.1, -0.05) is 13.8 Å². The van der Waals surface area contributed by atoms with Crippen LogP contribution in [0.15, 0.2) is 0 Å². The molecule has 0 unspecified atom stereocenters. The molecule has 0 spiro atoms. The molecule has 0 saturated heterocycles. The van der Waals surface area contributed by atoms with Crippen LogP contribution >= 0.6 is 11.3 Å². The van der Waals surface area contributed by atoms with E-state index in [1.165, 1.54) is 11.3 Å². The van der Waals surface area contributed by atoms with Crippen molar-refractivity contribution in [3.63, 3.8) is 0 Å². The first-order valence-corrected chi connectivity index (χ1v) is 7.18. The van der Waals surface area contributed by atoms with Gasteiger partial charge in [0.05, 0.1) is 5.69 Å². The average Bonchev–Trinajstić information content (AvgIpc) is 2.74. The number of thiophene rings is 1. The van der Waals surface area contributed by atoms with Gasteiger partial charge in [-0.05, 0) is 26.1 Å². The van der Waals surface area contributed by atoms with Gasteiger partial charge in [0.1, 0.15) is 27.6 Å². The van der Waals surface area contributed by atoms with Crippen molar-refractivity contribution < 1.29 is 0 Å². The second kappa shape index (κ2) is 7.63. The van der Waals surface area contributed by atoms with Crippen LogP contribution in [0.2, 0.25) is 0 Å². The highest BCUT2D eigenvalue weighted by Crippen LogP contribution is 2.34. The molecule has 0 radical (unpaired) electrons. The number of rotatable bonds is 7. The molecule has 1 aromatic rings. The summed E-state index contributed by atoms with van der Waals surface area (Å²) in [5.41, 5.74) is 6.42. The van der Waals surface area contributed by atoms with Crippen LogP contribution in [0, 0.1) is 22.7 Å². The summed E-state index contributed by atoms with van der Waals surface area (Å²) in [5.74, 6) is 0. The topological polar surface area (TPSA) is 88.9 Å². The van der Waals surface area contributed by atoms with E-state index in [-0.39, 0.29) is 0 Å². The molecule has 6 heteroatoms. The second-order valence-corrected chi connectivity index (χ2v) is 5.10. The molecular formula is C13H19N5S. The first-order valence-electron chi connectivity index (χ1n) is 6.36. The van der Waals surface area contributed by atoms with Gasteiger partial charge in [0, 0.05) is 6.54 Å². The van der Waals surface area contributed by atoms with Crippen LogP contribution in [0.1, 0.15) is 30.7 Å². The van der Waals surface area contributed by atoms with Gasteiger partial charge in [0.2, 0.25) is 0 Å². The van der Waals surface area contributed by atoms with Gasteiger partial charge in [-0.2, -0.15) is 10.5 Å². The highest BCUT2D eigenvalue weighted by molar-refractivity contribution is 7.17. The fourth-order valence-electron chi connectivity index (χ4n) is 1.81. The van der Waals surface area contributed by atoms with Crippen LogP contribution in [-0.2, 0) is 0 Å². The van der Waals surface area contributed by atoms with E-state index in [9.17, 15) is 0 Å². The predicted octanol–water partition coefficient (Wildman–Crippen LogP) is 2.22. The van der Waals surface area contributed by atoms with Crippen molar-refractivity contribution in [2.45, 2.75) is 20.3 Å². The highest BCUT2D eigenvalue weighted by Gasteiger charge is 2.15. The molecule has 1 rings (SSSR count). The Morgan fingerprint density at radius 2 is 1.95 bits per heavy atom. The third kappa shape index (κ3) is 3.85. The normalized spacial score (nSPS) is 10.2. The number of anilines is 2. The number of nitriles is 2. The third-order valence-electron chi connectivity index (χ3n) is 2.99. The van der Waals surface area contributed by atoms with E-state index < -0.39 is 0 Å². The van der Waals surface area contributed by atoms with Crippen molar-refractivity contribution in [3.05, 3.63) is 10.4 Å². The van der Waals surface area contributed by atoms with Gasteiger partial charge in [0.15, 0.2) is 0 Å². The van der Waals surface area contributed by atoms with Crippen molar-refractivity contribution in [2.75, 3.05) is 37.2 Å². The Bertz CT molecular complexity index is 490. The van der Waals surface area contributed by atoms with E-state index in [1.54, 1.807) is 0 Å². The first-order chi connectivity index (χ1) is 9.17. The number of nitrogens with two attached hydrogens (primary N) is 1. The molecule has 0 atom stereocenters. The van der Waals surface area contributed by atoms with Crippen LogP contribution in [-0.4, -0.2) is 31.1 Å². The van der Waals surface area contributed by atoms with Gasteiger partial charge in [-0.15, -0.1) is 11.3 Å². The number of hydrogen-bond donors (Lipinski definition) is 2. The molecule has 0 amide bonds. The van der Waals surface area contributed by atoms with Crippen LogP contribution in [0.3, 0.4) is 0 Å². The van der Waals surface area contributed by atoms with Gasteiger partial charge in [0.25, 0.3) is 0 Å². The number of nitrogens with zero attached hydrogens (tertiary/aromatic N) is 3. The second-order valence-electron chi connectivity index (χ2n) is 4.08. The van der Waals surface area contributed by atoms with Crippen LogP contribution in [0.4, 0.5) is 10.7 Å². The van der Waals surface area contributed by atoms with E-state index >= 15 is 0 Å². The molecule has 1 heterocycles. The third-order valence-corrected chi connectivity index (χ3v) is 4.06. The van der Waals surface area contributed by atoms with Gasteiger partial charge in [-0.3, -0.25) is 0 Å². The van der Waals surface area contributed by atoms with Crippen LogP contribution in [0.25, 0.3) is 0 Å². The Hall–Kier alpha value is -1.76. The molecule has 0 aliphatic carbocycles. The fourth-order valence-corrected chi connectivity index (χ4v) is 2.70. The SMILES string of the molecule is CCN(CC)CCCNc1sc(C#N)c(N)c1C#N. The summed E-state index contributed by atoms with van der Waals surface area (Å²) >= 11 is 1.25. The van der Waals surface area contributed by atoms with Gasteiger partial charge in [-0.25, -0.2) is 0 Å². The van der Waals surface area contributed by atoms with E-state index in [0.29, 0.717) is 21.1 Å². The highest BCUT2D eigenvalue weighted by atomic mass is 32.1. The van der Waals surface area contributed by atoms with Gasteiger partial charge >= 0.3 is 0 Å². The average molecular weight is 277 g/mol. The molecule has 5 nitrogen and oxygen atoms in total. The summed E-state index contributed by atoms with van der Waals surface area (Å²) in [6.45, 7) is 8.17. The Balaban J connectivity index is 2.55. The molecule has 1 aromatic heterocycles. The molecule has 102 valence electrons. The predicted molar refractivity (Wildman–Crippen MR) is 79.1 cm³/mol. The minimum atomic E-state index is 0.293. The first kappa shape index (κ1) is 15.3. The van der Waals surface area contributed by atoms with Crippen molar-refractivity contribution >= 4 is 22.0 Å². The number of nitrogens with one attached hydrogen (secondary N) is 1. The lowest BCUT2D eigenvalue weighted by Gasteiger charge is -2.17. The van der Waals surface area contributed by atoms with Crippen LogP contribution in [0.5, 0.6) is 0 Å². The van der Waals surface area contributed by atoms with E-state index in [2.05, 4.69) is 30.1 Å². The van der Waals surface area contributed by atoms with E-state index in [4.69, 9.17) is 16.3 Å². The maximum Gasteiger partial charge on any atom is 0.131 e. The number of nitrogen functional groups attached to an aromatic ring is 1. The monoisotopic (exact) mass is 277 g/mol. The fraction of sp³-hybridized carbons (Fsp3) is 0.538. The Morgan fingerprint density at radius 1 is 1.26 bits per heavy atom. The molecule has 0 fully saturated rings. The summed E-state index contributed by atoms with van der Waals surface area (Å²) in [6, 6.07) is 4.06. The standard InChI is InChI=1S/C13H19N5S/c1-3-18(4-2)7-5-6-17-13-10(8-14)12(16)11(9-15)19-13/h17H,3-7,16H2,1-2H3. The van der Waals surface area contributed by atoms with Crippen molar-refractivity contribution in [3.8, 4) is 12.1 Å². The molecule has 3 N–H and O–H groups in total.